The minimum atomic E-state index is 0.131. The van der Waals surface area contributed by atoms with Crippen molar-refractivity contribution < 1.29 is 9.15 Å². The van der Waals surface area contributed by atoms with Crippen molar-refractivity contribution in [3.05, 3.63) is 64.8 Å². The van der Waals surface area contributed by atoms with Crippen LogP contribution in [0.5, 0.6) is 5.75 Å². The van der Waals surface area contributed by atoms with Gasteiger partial charge in [0.05, 0.1) is 30.6 Å². The van der Waals surface area contributed by atoms with Crippen LogP contribution in [0.3, 0.4) is 0 Å². The standard InChI is InChI=1S/C24H25N5O2/c1-14(2)30-17-6-5-16-11-25-23(18(16)9-17)19-10-22(27-13-26-19)29-8-7-21-20(12-29)28-24(31-21)15-3-4-15/h5-6,9-10,13-15H,3-4,7-8,11-12H2,1-2H3. The average molecular weight is 415 g/mol. The number of nitrogens with zero attached hydrogens (tertiary/aromatic N) is 5. The van der Waals surface area contributed by atoms with Gasteiger partial charge in [0.25, 0.3) is 0 Å². The topological polar surface area (TPSA) is 76.6 Å². The Morgan fingerprint density at radius 3 is 2.90 bits per heavy atom. The zero-order valence-electron chi connectivity index (χ0n) is 17.8. The van der Waals surface area contributed by atoms with Crippen LogP contribution in [0.4, 0.5) is 5.82 Å². The van der Waals surface area contributed by atoms with Crippen LogP contribution in [0.2, 0.25) is 0 Å². The smallest absolute Gasteiger partial charge is 0.197 e. The molecule has 158 valence electrons. The molecule has 0 N–H and O–H groups in total. The molecule has 3 aromatic rings. The van der Waals surface area contributed by atoms with Crippen LogP contribution in [0.25, 0.3) is 0 Å². The lowest BCUT2D eigenvalue weighted by atomic mass is 10.0. The van der Waals surface area contributed by atoms with Gasteiger partial charge in [-0.2, -0.15) is 0 Å². The number of rotatable bonds is 5. The predicted octanol–water partition coefficient (Wildman–Crippen LogP) is 4.04. The molecule has 0 unspecified atom stereocenters. The van der Waals surface area contributed by atoms with E-state index in [2.05, 4.69) is 27.0 Å². The van der Waals surface area contributed by atoms with Gasteiger partial charge in [-0.3, -0.25) is 4.99 Å². The van der Waals surface area contributed by atoms with E-state index in [1.54, 1.807) is 6.33 Å². The minimum Gasteiger partial charge on any atom is -0.491 e. The molecule has 31 heavy (non-hydrogen) atoms. The Labute approximate surface area is 181 Å². The van der Waals surface area contributed by atoms with Gasteiger partial charge in [0.15, 0.2) is 5.89 Å². The number of oxazole rings is 1. The van der Waals surface area contributed by atoms with Gasteiger partial charge in [-0.1, -0.05) is 6.07 Å². The van der Waals surface area contributed by atoms with Crippen LogP contribution >= 0.6 is 0 Å². The Kier molecular flexibility index (Phi) is 4.30. The van der Waals surface area contributed by atoms with E-state index >= 15 is 0 Å². The second kappa shape index (κ2) is 7.18. The fraction of sp³-hybridized carbons (Fsp3) is 0.417. The van der Waals surface area contributed by atoms with Gasteiger partial charge in [-0.05, 0) is 44.4 Å². The number of anilines is 1. The molecule has 0 atom stereocenters. The highest BCUT2D eigenvalue weighted by Crippen LogP contribution is 2.41. The molecular formula is C24H25N5O2. The predicted molar refractivity (Wildman–Crippen MR) is 117 cm³/mol. The van der Waals surface area contributed by atoms with E-state index < -0.39 is 0 Å². The van der Waals surface area contributed by atoms with Gasteiger partial charge in [-0.15, -0.1) is 0 Å². The molecule has 0 saturated heterocycles. The summed E-state index contributed by atoms with van der Waals surface area (Å²) >= 11 is 0. The molecule has 2 aliphatic heterocycles. The Balaban J connectivity index is 1.27. The zero-order chi connectivity index (χ0) is 20.9. The van der Waals surface area contributed by atoms with Crippen molar-refractivity contribution in [3.8, 4) is 5.75 Å². The van der Waals surface area contributed by atoms with Crippen molar-refractivity contribution in [1.82, 2.24) is 15.0 Å². The van der Waals surface area contributed by atoms with Crippen LogP contribution in [0, 0.1) is 0 Å². The minimum absolute atomic E-state index is 0.131. The molecule has 1 aromatic carbocycles. The number of aromatic nitrogens is 3. The van der Waals surface area contributed by atoms with Crippen LogP contribution in [-0.2, 0) is 19.5 Å². The summed E-state index contributed by atoms with van der Waals surface area (Å²) in [5.74, 6) is 4.26. The Morgan fingerprint density at radius 2 is 2.06 bits per heavy atom. The van der Waals surface area contributed by atoms with Crippen molar-refractivity contribution in [3.63, 3.8) is 0 Å². The molecule has 2 aromatic heterocycles. The number of benzene rings is 1. The number of fused-ring (bicyclic) bond motifs is 2. The molecule has 6 rings (SSSR count). The van der Waals surface area contributed by atoms with Gasteiger partial charge < -0.3 is 14.1 Å². The first kappa shape index (κ1) is 18.5. The van der Waals surface area contributed by atoms with Gasteiger partial charge in [0.2, 0.25) is 0 Å². The quantitative estimate of drug-likeness (QED) is 0.626. The van der Waals surface area contributed by atoms with Gasteiger partial charge >= 0.3 is 0 Å². The second-order valence-electron chi connectivity index (χ2n) is 8.78. The van der Waals surface area contributed by atoms with Crippen molar-refractivity contribution in [2.75, 3.05) is 11.4 Å². The molecule has 1 aliphatic carbocycles. The maximum atomic E-state index is 6.00. The van der Waals surface area contributed by atoms with Crippen molar-refractivity contribution in [2.45, 2.75) is 58.2 Å². The largest absolute Gasteiger partial charge is 0.491 e. The summed E-state index contributed by atoms with van der Waals surface area (Å²) in [5.41, 5.74) is 5.09. The average Bonchev–Trinajstić information content (AvgIpc) is 3.40. The van der Waals surface area contributed by atoms with Crippen LogP contribution in [-0.4, -0.2) is 33.3 Å². The van der Waals surface area contributed by atoms with Crippen LogP contribution in [0.15, 0.2) is 40.0 Å². The van der Waals surface area contributed by atoms with E-state index in [9.17, 15) is 0 Å². The monoisotopic (exact) mass is 415 g/mol. The maximum absolute atomic E-state index is 6.00. The van der Waals surface area contributed by atoms with Gasteiger partial charge in [0, 0.05) is 30.5 Å². The molecule has 0 radical (unpaired) electrons. The highest BCUT2D eigenvalue weighted by molar-refractivity contribution is 6.14. The molecule has 7 heteroatoms. The lowest BCUT2D eigenvalue weighted by molar-refractivity contribution is 0.242. The third kappa shape index (κ3) is 3.48. The Hall–Kier alpha value is -3.22. The molecule has 1 saturated carbocycles. The Bertz CT molecular complexity index is 1180. The summed E-state index contributed by atoms with van der Waals surface area (Å²) in [7, 11) is 0. The molecule has 0 amide bonds. The fourth-order valence-corrected chi connectivity index (χ4v) is 4.30. The van der Waals surface area contributed by atoms with Gasteiger partial charge in [-0.25, -0.2) is 15.0 Å². The lowest BCUT2D eigenvalue weighted by Gasteiger charge is -2.26. The molecule has 4 heterocycles. The molecule has 7 nitrogen and oxygen atoms in total. The molecular weight excluding hydrogens is 390 g/mol. The highest BCUT2D eigenvalue weighted by Gasteiger charge is 2.32. The van der Waals surface area contributed by atoms with Crippen molar-refractivity contribution in [1.29, 1.82) is 0 Å². The summed E-state index contributed by atoms with van der Waals surface area (Å²) in [6.45, 7) is 6.31. The Morgan fingerprint density at radius 1 is 1.16 bits per heavy atom. The van der Waals surface area contributed by atoms with Crippen LogP contribution < -0.4 is 9.64 Å². The van der Waals surface area contributed by atoms with Crippen molar-refractivity contribution in [2.24, 2.45) is 4.99 Å². The first-order valence-corrected chi connectivity index (χ1v) is 11.0. The SMILES string of the molecule is CC(C)Oc1ccc2c(c1)C(c1cc(N3CCc4oc(C5CC5)nc4C3)ncn1)=NC2. The third-order valence-electron chi connectivity index (χ3n) is 6.01. The zero-order valence-corrected chi connectivity index (χ0v) is 17.8. The number of aliphatic imine (C=N–C) groups is 1. The normalized spacial score (nSPS) is 17.5. The molecule has 0 bridgehead atoms. The molecule has 3 aliphatic rings. The van der Waals surface area contributed by atoms with E-state index in [0.717, 1.165) is 65.4 Å². The van der Waals surface area contributed by atoms with E-state index in [1.165, 1.54) is 18.4 Å². The maximum Gasteiger partial charge on any atom is 0.197 e. The summed E-state index contributed by atoms with van der Waals surface area (Å²) in [6.07, 6.45) is 5.02. The van der Waals surface area contributed by atoms with E-state index in [4.69, 9.17) is 19.1 Å². The van der Waals surface area contributed by atoms with E-state index in [-0.39, 0.29) is 6.10 Å². The highest BCUT2D eigenvalue weighted by atomic mass is 16.5. The van der Waals surface area contributed by atoms with Gasteiger partial charge in [0.1, 0.15) is 29.3 Å². The number of ether oxygens (including phenoxy) is 1. The molecule has 1 fully saturated rings. The van der Waals surface area contributed by atoms with Crippen LogP contribution in [0.1, 0.15) is 66.8 Å². The fourth-order valence-electron chi connectivity index (χ4n) is 4.30. The third-order valence-corrected chi connectivity index (χ3v) is 6.01. The summed E-state index contributed by atoms with van der Waals surface area (Å²) in [5, 5.41) is 0. The summed E-state index contributed by atoms with van der Waals surface area (Å²) < 4.78 is 11.9. The van der Waals surface area contributed by atoms with Crippen molar-refractivity contribution >= 4 is 11.5 Å². The lowest BCUT2D eigenvalue weighted by Crippen LogP contribution is -2.31. The second-order valence-corrected chi connectivity index (χ2v) is 8.78. The first-order valence-electron chi connectivity index (χ1n) is 11.0. The number of hydrogen-bond acceptors (Lipinski definition) is 7. The first-order chi connectivity index (χ1) is 15.1. The molecule has 0 spiro atoms. The summed E-state index contributed by atoms with van der Waals surface area (Å²) in [4.78, 5) is 20.9. The summed E-state index contributed by atoms with van der Waals surface area (Å²) in [6, 6.07) is 8.23. The number of hydrogen-bond donors (Lipinski definition) is 0. The van der Waals surface area contributed by atoms with E-state index in [1.807, 2.05) is 26.0 Å². The van der Waals surface area contributed by atoms with E-state index in [0.29, 0.717) is 12.5 Å².